The highest BCUT2D eigenvalue weighted by Crippen LogP contribution is 2.40. The number of rotatable bonds is 3. The minimum Gasteiger partial charge on any atom is -0.398 e. The van der Waals surface area contributed by atoms with Gasteiger partial charge in [0.05, 0.1) is 0 Å². The molecule has 96 valence electrons. The standard InChI is InChI=1S/C15H21N3/c1-18(2)13-8-6-7-12(17)14(13)15(11-16)9-4-3-5-10-15/h3-9H,10-11,16-17H2,1-2H3. The van der Waals surface area contributed by atoms with E-state index in [9.17, 15) is 0 Å². The van der Waals surface area contributed by atoms with E-state index in [0.29, 0.717) is 6.54 Å². The van der Waals surface area contributed by atoms with Crippen LogP contribution in [0.1, 0.15) is 12.0 Å². The quantitative estimate of drug-likeness (QED) is 0.799. The van der Waals surface area contributed by atoms with Crippen molar-refractivity contribution in [3.63, 3.8) is 0 Å². The molecule has 0 heterocycles. The van der Waals surface area contributed by atoms with Crippen LogP contribution in [0.25, 0.3) is 0 Å². The van der Waals surface area contributed by atoms with Gasteiger partial charge in [0.15, 0.2) is 0 Å². The Kier molecular flexibility index (Phi) is 3.43. The van der Waals surface area contributed by atoms with E-state index >= 15 is 0 Å². The van der Waals surface area contributed by atoms with Crippen LogP contribution in [0.3, 0.4) is 0 Å². The summed E-state index contributed by atoms with van der Waals surface area (Å²) < 4.78 is 0. The van der Waals surface area contributed by atoms with E-state index < -0.39 is 0 Å². The van der Waals surface area contributed by atoms with Gasteiger partial charge in [-0.05, 0) is 18.6 Å². The molecule has 1 aromatic carbocycles. The minimum atomic E-state index is -0.181. The van der Waals surface area contributed by atoms with Gasteiger partial charge in [-0.1, -0.05) is 30.4 Å². The van der Waals surface area contributed by atoms with Crippen LogP contribution in [0.15, 0.2) is 42.5 Å². The molecule has 0 aromatic heterocycles. The predicted molar refractivity (Wildman–Crippen MR) is 78.8 cm³/mol. The molecule has 0 amide bonds. The minimum absolute atomic E-state index is 0.181. The third-order valence-corrected chi connectivity index (χ3v) is 3.56. The number of nitrogens with zero attached hydrogens (tertiary/aromatic N) is 1. The zero-order valence-corrected chi connectivity index (χ0v) is 11.1. The molecule has 0 saturated carbocycles. The lowest BCUT2D eigenvalue weighted by Gasteiger charge is -2.35. The highest BCUT2D eigenvalue weighted by Gasteiger charge is 2.32. The highest BCUT2D eigenvalue weighted by atomic mass is 15.1. The molecule has 2 rings (SSSR count). The Labute approximate surface area is 109 Å². The molecule has 0 saturated heterocycles. The Hall–Kier alpha value is -1.74. The van der Waals surface area contributed by atoms with Gasteiger partial charge in [0, 0.05) is 43.0 Å². The zero-order valence-electron chi connectivity index (χ0n) is 11.1. The first-order chi connectivity index (χ1) is 8.60. The number of benzene rings is 1. The molecule has 4 N–H and O–H groups in total. The molecule has 0 spiro atoms. The van der Waals surface area contributed by atoms with Gasteiger partial charge in [-0.25, -0.2) is 0 Å². The zero-order chi connectivity index (χ0) is 13.2. The number of anilines is 2. The van der Waals surface area contributed by atoms with E-state index in [1.165, 1.54) is 0 Å². The fourth-order valence-corrected chi connectivity index (χ4v) is 2.58. The molecule has 18 heavy (non-hydrogen) atoms. The largest absolute Gasteiger partial charge is 0.398 e. The van der Waals surface area contributed by atoms with Crippen molar-refractivity contribution >= 4 is 11.4 Å². The van der Waals surface area contributed by atoms with Gasteiger partial charge >= 0.3 is 0 Å². The third kappa shape index (κ3) is 2.02. The SMILES string of the molecule is CN(C)c1cccc(N)c1C1(CN)C=CC=CC1. The molecule has 1 atom stereocenters. The van der Waals surface area contributed by atoms with Gasteiger partial charge in [-0.3, -0.25) is 0 Å². The molecule has 0 aliphatic heterocycles. The summed E-state index contributed by atoms with van der Waals surface area (Å²) in [5.74, 6) is 0. The fraction of sp³-hybridized carbons (Fsp3) is 0.333. The molecule has 1 unspecified atom stereocenters. The molecule has 0 radical (unpaired) electrons. The number of nitrogen functional groups attached to an aromatic ring is 1. The summed E-state index contributed by atoms with van der Waals surface area (Å²) in [5, 5.41) is 0. The van der Waals surface area contributed by atoms with Gasteiger partial charge < -0.3 is 16.4 Å². The van der Waals surface area contributed by atoms with Crippen LogP contribution < -0.4 is 16.4 Å². The Morgan fingerprint density at radius 2 is 2.06 bits per heavy atom. The van der Waals surface area contributed by atoms with Gasteiger partial charge in [-0.2, -0.15) is 0 Å². The van der Waals surface area contributed by atoms with Crippen LogP contribution >= 0.6 is 0 Å². The maximum atomic E-state index is 6.21. The number of nitrogens with two attached hydrogens (primary N) is 2. The third-order valence-electron chi connectivity index (χ3n) is 3.56. The summed E-state index contributed by atoms with van der Waals surface area (Å²) in [5.41, 5.74) is 15.2. The van der Waals surface area contributed by atoms with Gasteiger partial charge in [0.25, 0.3) is 0 Å². The second kappa shape index (κ2) is 4.86. The van der Waals surface area contributed by atoms with Crippen LogP contribution in [0.4, 0.5) is 11.4 Å². The van der Waals surface area contributed by atoms with E-state index in [0.717, 1.165) is 23.4 Å². The van der Waals surface area contributed by atoms with Crippen LogP contribution in [0, 0.1) is 0 Å². The summed E-state index contributed by atoms with van der Waals surface area (Å²) in [6, 6.07) is 6.03. The molecule has 1 aliphatic carbocycles. The molecule has 0 bridgehead atoms. The lowest BCUT2D eigenvalue weighted by molar-refractivity contribution is 0.552. The summed E-state index contributed by atoms with van der Waals surface area (Å²) in [6.45, 7) is 0.558. The molecule has 3 nitrogen and oxygen atoms in total. The van der Waals surface area contributed by atoms with Crippen molar-refractivity contribution in [1.29, 1.82) is 0 Å². The van der Waals surface area contributed by atoms with Gasteiger partial charge in [0.2, 0.25) is 0 Å². The topological polar surface area (TPSA) is 55.3 Å². The van der Waals surface area contributed by atoms with E-state index in [2.05, 4.69) is 35.3 Å². The molecule has 1 aliphatic rings. The first kappa shape index (κ1) is 12.7. The maximum absolute atomic E-state index is 6.21. The average molecular weight is 243 g/mol. The van der Waals surface area contributed by atoms with Crippen molar-refractivity contribution in [3.05, 3.63) is 48.1 Å². The summed E-state index contributed by atoms with van der Waals surface area (Å²) in [6.07, 6.45) is 9.34. The maximum Gasteiger partial charge on any atom is 0.0423 e. The Balaban J connectivity index is 2.61. The second-order valence-corrected chi connectivity index (χ2v) is 4.99. The first-order valence-corrected chi connectivity index (χ1v) is 6.21. The number of allylic oxidation sites excluding steroid dienone is 3. The highest BCUT2D eigenvalue weighted by molar-refractivity contribution is 5.69. The number of hydrogen-bond donors (Lipinski definition) is 2. The van der Waals surface area contributed by atoms with Crippen LogP contribution in [0.5, 0.6) is 0 Å². The average Bonchev–Trinajstić information content (AvgIpc) is 2.39. The van der Waals surface area contributed by atoms with Gasteiger partial charge in [-0.15, -0.1) is 0 Å². The Bertz CT molecular complexity index is 489. The van der Waals surface area contributed by atoms with E-state index in [1.807, 2.05) is 26.2 Å². The second-order valence-electron chi connectivity index (χ2n) is 4.99. The van der Waals surface area contributed by atoms with Crippen molar-refractivity contribution in [1.82, 2.24) is 0 Å². The summed E-state index contributed by atoms with van der Waals surface area (Å²) >= 11 is 0. The summed E-state index contributed by atoms with van der Waals surface area (Å²) in [4.78, 5) is 2.09. The van der Waals surface area contributed by atoms with Crippen molar-refractivity contribution < 1.29 is 0 Å². The number of hydrogen-bond acceptors (Lipinski definition) is 3. The lowest BCUT2D eigenvalue weighted by atomic mass is 9.74. The van der Waals surface area contributed by atoms with Gasteiger partial charge in [0.1, 0.15) is 0 Å². The van der Waals surface area contributed by atoms with E-state index in [-0.39, 0.29) is 5.41 Å². The lowest BCUT2D eigenvalue weighted by Crippen LogP contribution is -2.36. The van der Waals surface area contributed by atoms with Crippen LogP contribution in [0.2, 0.25) is 0 Å². The monoisotopic (exact) mass is 243 g/mol. The fourth-order valence-electron chi connectivity index (χ4n) is 2.58. The molecule has 0 fully saturated rings. The van der Waals surface area contributed by atoms with Crippen LogP contribution in [-0.2, 0) is 5.41 Å². The molecular formula is C15H21N3. The first-order valence-electron chi connectivity index (χ1n) is 6.21. The summed E-state index contributed by atoms with van der Waals surface area (Å²) in [7, 11) is 4.07. The van der Waals surface area contributed by atoms with Crippen molar-refractivity contribution in [3.8, 4) is 0 Å². The Morgan fingerprint density at radius 3 is 2.61 bits per heavy atom. The van der Waals surface area contributed by atoms with Crippen molar-refractivity contribution in [2.45, 2.75) is 11.8 Å². The van der Waals surface area contributed by atoms with Crippen molar-refractivity contribution in [2.24, 2.45) is 5.73 Å². The van der Waals surface area contributed by atoms with E-state index in [1.54, 1.807) is 0 Å². The Morgan fingerprint density at radius 1 is 1.28 bits per heavy atom. The smallest absolute Gasteiger partial charge is 0.0423 e. The molecular weight excluding hydrogens is 222 g/mol. The molecule has 1 aromatic rings. The predicted octanol–water partition coefficient (Wildman–Crippen LogP) is 2.05. The van der Waals surface area contributed by atoms with Crippen molar-refractivity contribution in [2.75, 3.05) is 31.3 Å². The normalized spacial score (nSPS) is 22.2. The van der Waals surface area contributed by atoms with Crippen LogP contribution in [-0.4, -0.2) is 20.6 Å². The molecule has 3 heteroatoms. The van der Waals surface area contributed by atoms with E-state index in [4.69, 9.17) is 11.5 Å².